The van der Waals surface area contributed by atoms with E-state index in [1.54, 1.807) is 13.2 Å². The van der Waals surface area contributed by atoms with Gasteiger partial charge in [0.2, 0.25) is 0 Å². The van der Waals surface area contributed by atoms with Crippen molar-refractivity contribution in [1.29, 1.82) is 0 Å². The lowest BCUT2D eigenvalue weighted by molar-refractivity contribution is 0.202. The third-order valence-electron chi connectivity index (χ3n) is 3.21. The Hall–Kier alpha value is -1.61. The molecule has 1 N–H and O–H groups in total. The van der Waals surface area contributed by atoms with E-state index in [2.05, 4.69) is 24.9 Å². The molecule has 2 rings (SSSR count). The summed E-state index contributed by atoms with van der Waals surface area (Å²) in [7, 11) is 1.69. The Morgan fingerprint density at radius 2 is 2.11 bits per heavy atom. The van der Waals surface area contributed by atoms with Crippen LogP contribution in [-0.4, -0.2) is 18.7 Å². The van der Waals surface area contributed by atoms with Crippen LogP contribution in [0.2, 0.25) is 0 Å². The Morgan fingerprint density at radius 1 is 1.32 bits per heavy atom. The van der Waals surface area contributed by atoms with E-state index >= 15 is 0 Å². The summed E-state index contributed by atoms with van der Waals surface area (Å²) < 4.78 is 5.13. The maximum atomic E-state index is 12.2. The molecule has 0 fully saturated rings. The number of hydrogen-bond acceptors (Lipinski definition) is 2. The van der Waals surface area contributed by atoms with Crippen LogP contribution in [0.4, 0.5) is 0 Å². The zero-order chi connectivity index (χ0) is 13.8. The number of aromatic amines is 1. The van der Waals surface area contributed by atoms with Crippen LogP contribution in [0.1, 0.15) is 25.1 Å². The minimum atomic E-state index is 0.101. The Balaban J connectivity index is 2.52. The molecule has 0 unspecified atom stereocenters. The van der Waals surface area contributed by atoms with Crippen molar-refractivity contribution >= 4 is 10.9 Å². The lowest BCUT2D eigenvalue weighted by Crippen LogP contribution is -2.09. The topological polar surface area (TPSA) is 42.1 Å². The zero-order valence-electron chi connectivity index (χ0n) is 11.8. The number of hydrogen-bond donors (Lipinski definition) is 1. The molecular formula is C16H21NO2. The van der Waals surface area contributed by atoms with Crippen LogP contribution in [0.15, 0.2) is 29.1 Å². The van der Waals surface area contributed by atoms with Crippen molar-refractivity contribution in [3.63, 3.8) is 0 Å². The van der Waals surface area contributed by atoms with Gasteiger partial charge in [0.15, 0.2) is 5.43 Å². The van der Waals surface area contributed by atoms with Crippen molar-refractivity contribution in [2.75, 3.05) is 13.7 Å². The van der Waals surface area contributed by atoms with Gasteiger partial charge in [0.1, 0.15) is 0 Å². The van der Waals surface area contributed by atoms with E-state index in [-0.39, 0.29) is 5.43 Å². The average molecular weight is 259 g/mol. The molecule has 0 saturated carbocycles. The first-order valence-electron chi connectivity index (χ1n) is 6.74. The number of para-hydroxylation sites is 1. The normalized spacial score (nSPS) is 11.4. The van der Waals surface area contributed by atoms with Gasteiger partial charge in [0.05, 0.1) is 12.1 Å². The van der Waals surface area contributed by atoms with Crippen LogP contribution >= 0.6 is 0 Å². The van der Waals surface area contributed by atoms with Crippen molar-refractivity contribution in [3.8, 4) is 0 Å². The van der Waals surface area contributed by atoms with Gasteiger partial charge in [-0.3, -0.25) is 4.79 Å². The Morgan fingerprint density at radius 3 is 2.79 bits per heavy atom. The molecule has 3 nitrogen and oxygen atoms in total. The molecule has 0 atom stereocenters. The molecule has 1 aromatic heterocycles. The predicted octanol–water partition coefficient (Wildman–Crippen LogP) is 2.92. The molecular weight excluding hydrogens is 238 g/mol. The van der Waals surface area contributed by atoms with Crippen LogP contribution in [0.25, 0.3) is 10.9 Å². The molecule has 0 amide bonds. The molecule has 3 heteroatoms. The summed E-state index contributed by atoms with van der Waals surface area (Å²) in [5, 5.41) is 0.765. The molecule has 0 aliphatic heterocycles. The Kier molecular flexibility index (Phi) is 4.38. The Bertz CT molecular complexity index is 614. The van der Waals surface area contributed by atoms with Crippen LogP contribution < -0.4 is 5.43 Å². The first-order chi connectivity index (χ1) is 9.11. The lowest BCUT2D eigenvalue weighted by Gasteiger charge is -2.10. The third-order valence-corrected chi connectivity index (χ3v) is 3.21. The van der Waals surface area contributed by atoms with E-state index in [4.69, 9.17) is 4.74 Å². The standard InChI is InChI=1S/C16H21NO2/c1-11(2)9-13-10-15(18)14-6-4-5-12(7-8-19-3)16(14)17-13/h4-6,10-11H,7-9H2,1-3H3,(H,17,18). The number of nitrogens with one attached hydrogen (secondary N) is 1. The molecule has 1 heterocycles. The molecule has 0 aliphatic carbocycles. The van der Waals surface area contributed by atoms with Gasteiger partial charge >= 0.3 is 0 Å². The van der Waals surface area contributed by atoms with E-state index in [1.807, 2.05) is 12.1 Å². The second-order valence-electron chi connectivity index (χ2n) is 5.34. The first-order valence-corrected chi connectivity index (χ1v) is 6.74. The van der Waals surface area contributed by atoms with E-state index in [0.29, 0.717) is 12.5 Å². The number of H-pyrrole nitrogens is 1. The van der Waals surface area contributed by atoms with Gasteiger partial charge in [-0.1, -0.05) is 26.0 Å². The second-order valence-corrected chi connectivity index (χ2v) is 5.34. The number of ether oxygens (including phenoxy) is 1. The smallest absolute Gasteiger partial charge is 0.189 e. The predicted molar refractivity (Wildman–Crippen MR) is 78.7 cm³/mol. The molecule has 102 valence electrons. The van der Waals surface area contributed by atoms with Gasteiger partial charge in [0.25, 0.3) is 0 Å². The fourth-order valence-corrected chi connectivity index (χ4v) is 2.36. The van der Waals surface area contributed by atoms with E-state index in [0.717, 1.165) is 35.0 Å². The quantitative estimate of drug-likeness (QED) is 0.897. The molecule has 0 saturated heterocycles. The highest BCUT2D eigenvalue weighted by Gasteiger charge is 2.07. The van der Waals surface area contributed by atoms with Crippen molar-refractivity contribution in [1.82, 2.24) is 4.98 Å². The summed E-state index contributed by atoms with van der Waals surface area (Å²) in [6.45, 7) is 4.97. The van der Waals surface area contributed by atoms with Crippen molar-refractivity contribution in [3.05, 3.63) is 45.7 Å². The summed E-state index contributed by atoms with van der Waals surface area (Å²) in [4.78, 5) is 15.6. The van der Waals surface area contributed by atoms with Crippen molar-refractivity contribution < 1.29 is 4.74 Å². The number of rotatable bonds is 5. The molecule has 0 aliphatic rings. The molecule has 1 aromatic carbocycles. The van der Waals surface area contributed by atoms with Gasteiger partial charge in [-0.05, 0) is 30.4 Å². The second kappa shape index (κ2) is 6.02. The monoisotopic (exact) mass is 259 g/mol. The van der Waals surface area contributed by atoms with Gasteiger partial charge in [0, 0.05) is 24.3 Å². The maximum Gasteiger partial charge on any atom is 0.189 e. The molecule has 19 heavy (non-hydrogen) atoms. The van der Waals surface area contributed by atoms with E-state index in [9.17, 15) is 4.79 Å². The minimum Gasteiger partial charge on any atom is -0.384 e. The molecule has 2 aromatic rings. The highest BCUT2D eigenvalue weighted by molar-refractivity contribution is 5.81. The lowest BCUT2D eigenvalue weighted by atomic mass is 10.0. The summed E-state index contributed by atoms with van der Waals surface area (Å²) in [6, 6.07) is 7.59. The fraction of sp³-hybridized carbons (Fsp3) is 0.438. The summed E-state index contributed by atoms with van der Waals surface area (Å²) in [5.74, 6) is 0.527. The number of aromatic nitrogens is 1. The van der Waals surface area contributed by atoms with Crippen LogP contribution in [0.3, 0.4) is 0 Å². The molecule has 0 bridgehead atoms. The highest BCUT2D eigenvalue weighted by atomic mass is 16.5. The first kappa shape index (κ1) is 13.8. The maximum absolute atomic E-state index is 12.2. The Labute approximate surface area is 113 Å². The largest absolute Gasteiger partial charge is 0.384 e. The van der Waals surface area contributed by atoms with Gasteiger partial charge in [-0.2, -0.15) is 0 Å². The SMILES string of the molecule is COCCc1cccc2c(=O)cc(CC(C)C)[nH]c12. The number of methoxy groups -OCH3 is 1. The van der Waals surface area contributed by atoms with Crippen molar-refractivity contribution in [2.45, 2.75) is 26.7 Å². The number of pyridine rings is 1. The fourth-order valence-electron chi connectivity index (χ4n) is 2.36. The van der Waals surface area contributed by atoms with Gasteiger partial charge < -0.3 is 9.72 Å². The summed E-state index contributed by atoms with van der Waals surface area (Å²) >= 11 is 0. The molecule has 0 radical (unpaired) electrons. The van der Waals surface area contributed by atoms with Crippen LogP contribution in [0, 0.1) is 5.92 Å². The summed E-state index contributed by atoms with van der Waals surface area (Å²) in [6.07, 6.45) is 1.71. The van der Waals surface area contributed by atoms with Gasteiger partial charge in [-0.15, -0.1) is 0 Å². The van der Waals surface area contributed by atoms with Gasteiger partial charge in [-0.25, -0.2) is 0 Å². The zero-order valence-corrected chi connectivity index (χ0v) is 11.8. The van der Waals surface area contributed by atoms with Crippen LogP contribution in [0.5, 0.6) is 0 Å². The number of benzene rings is 1. The summed E-state index contributed by atoms with van der Waals surface area (Å²) in [5.41, 5.74) is 3.21. The van der Waals surface area contributed by atoms with Crippen molar-refractivity contribution in [2.24, 2.45) is 5.92 Å². The van der Waals surface area contributed by atoms with Crippen LogP contribution in [-0.2, 0) is 17.6 Å². The highest BCUT2D eigenvalue weighted by Crippen LogP contribution is 2.16. The van der Waals surface area contributed by atoms with E-state index < -0.39 is 0 Å². The molecule has 0 spiro atoms. The minimum absolute atomic E-state index is 0.101. The van der Waals surface area contributed by atoms with E-state index in [1.165, 1.54) is 0 Å². The average Bonchev–Trinajstić information content (AvgIpc) is 2.36. The number of fused-ring (bicyclic) bond motifs is 1. The third kappa shape index (κ3) is 3.24.